The van der Waals surface area contributed by atoms with Gasteiger partial charge in [0.1, 0.15) is 0 Å². The second-order valence-electron chi connectivity index (χ2n) is 5.16. The van der Waals surface area contributed by atoms with Gasteiger partial charge in [-0.3, -0.25) is 4.90 Å². The van der Waals surface area contributed by atoms with Crippen molar-refractivity contribution >= 4 is 27.7 Å². The predicted molar refractivity (Wildman–Crippen MR) is 88.8 cm³/mol. The molecule has 0 spiro atoms. The first-order valence-electron chi connectivity index (χ1n) is 6.97. The lowest BCUT2D eigenvalue weighted by Crippen LogP contribution is -2.42. The van der Waals surface area contributed by atoms with E-state index >= 15 is 0 Å². The molecular weight excluding hydrogens is 320 g/mol. The average molecular weight is 343 g/mol. The van der Waals surface area contributed by atoms with Crippen LogP contribution < -0.4 is 5.73 Å². The third-order valence-electron chi connectivity index (χ3n) is 3.86. The van der Waals surface area contributed by atoms with Crippen molar-refractivity contribution in [1.82, 2.24) is 4.90 Å². The van der Waals surface area contributed by atoms with Crippen LogP contribution >= 0.6 is 27.7 Å². The summed E-state index contributed by atoms with van der Waals surface area (Å²) in [6.07, 6.45) is 1.25. The van der Waals surface area contributed by atoms with E-state index in [0.717, 1.165) is 18.3 Å². The van der Waals surface area contributed by atoms with Crippen molar-refractivity contribution in [3.63, 3.8) is 0 Å². The quantitative estimate of drug-likeness (QED) is 0.906. The molecule has 1 aromatic carbocycles. The highest BCUT2D eigenvalue weighted by Crippen LogP contribution is 2.29. The van der Waals surface area contributed by atoms with Gasteiger partial charge in [0.05, 0.1) is 0 Å². The molecule has 2 unspecified atom stereocenters. The highest BCUT2D eigenvalue weighted by Gasteiger charge is 2.25. The van der Waals surface area contributed by atoms with Gasteiger partial charge in [0.25, 0.3) is 0 Å². The fraction of sp³-hybridized carbons (Fsp3) is 0.600. The van der Waals surface area contributed by atoms with Crippen LogP contribution in [0.15, 0.2) is 22.7 Å². The number of aryl methyl sites for hydroxylation is 1. The van der Waals surface area contributed by atoms with Gasteiger partial charge in [-0.2, -0.15) is 11.8 Å². The summed E-state index contributed by atoms with van der Waals surface area (Å²) in [7, 11) is 0. The zero-order chi connectivity index (χ0) is 13.8. The zero-order valence-electron chi connectivity index (χ0n) is 11.7. The smallest absolute Gasteiger partial charge is 0.0471 e. The van der Waals surface area contributed by atoms with E-state index in [4.69, 9.17) is 5.73 Å². The van der Waals surface area contributed by atoms with Gasteiger partial charge in [-0.25, -0.2) is 0 Å². The SMILES string of the molecule is CCC1CN(C(CN)c2ccc(Br)c(C)c2)CCS1. The largest absolute Gasteiger partial charge is 0.329 e. The van der Waals surface area contributed by atoms with Crippen LogP contribution in [-0.4, -0.2) is 35.5 Å². The minimum Gasteiger partial charge on any atom is -0.329 e. The molecule has 1 fully saturated rings. The second-order valence-corrected chi connectivity index (χ2v) is 7.42. The van der Waals surface area contributed by atoms with Crippen molar-refractivity contribution in [3.8, 4) is 0 Å². The molecule has 0 aliphatic carbocycles. The van der Waals surface area contributed by atoms with E-state index < -0.39 is 0 Å². The van der Waals surface area contributed by atoms with Crippen LogP contribution in [0.2, 0.25) is 0 Å². The average Bonchev–Trinajstić information content (AvgIpc) is 2.44. The molecule has 2 nitrogen and oxygen atoms in total. The molecule has 1 aliphatic heterocycles. The summed E-state index contributed by atoms with van der Waals surface area (Å²) >= 11 is 5.67. The van der Waals surface area contributed by atoms with Gasteiger partial charge in [-0.05, 0) is 30.5 Å². The van der Waals surface area contributed by atoms with Crippen molar-refractivity contribution in [2.24, 2.45) is 5.73 Å². The van der Waals surface area contributed by atoms with E-state index in [1.54, 1.807) is 0 Å². The first kappa shape index (κ1) is 15.4. The van der Waals surface area contributed by atoms with E-state index in [2.05, 4.69) is 64.6 Å². The monoisotopic (exact) mass is 342 g/mol. The molecule has 1 heterocycles. The van der Waals surface area contributed by atoms with Crippen molar-refractivity contribution < 1.29 is 0 Å². The molecule has 0 bridgehead atoms. The predicted octanol–water partition coefficient (Wildman–Crippen LogP) is 3.58. The second kappa shape index (κ2) is 7.11. The van der Waals surface area contributed by atoms with Crippen LogP contribution in [0.4, 0.5) is 0 Å². The Labute approximate surface area is 129 Å². The normalized spacial score (nSPS) is 22.4. The van der Waals surface area contributed by atoms with Gasteiger partial charge in [0.2, 0.25) is 0 Å². The van der Waals surface area contributed by atoms with E-state index in [1.807, 2.05) is 0 Å². The molecule has 19 heavy (non-hydrogen) atoms. The molecular formula is C15H23BrN2S. The Hall–Kier alpha value is -0.0300. The molecule has 0 amide bonds. The number of thioether (sulfide) groups is 1. The van der Waals surface area contributed by atoms with Gasteiger partial charge >= 0.3 is 0 Å². The number of halogens is 1. The molecule has 1 aliphatic rings. The minimum atomic E-state index is 0.363. The zero-order valence-corrected chi connectivity index (χ0v) is 14.1. The summed E-state index contributed by atoms with van der Waals surface area (Å²) in [5, 5.41) is 0.763. The van der Waals surface area contributed by atoms with E-state index in [0.29, 0.717) is 12.6 Å². The molecule has 0 radical (unpaired) electrons. The molecule has 2 N–H and O–H groups in total. The molecule has 0 aromatic heterocycles. The third kappa shape index (κ3) is 3.75. The number of nitrogens with two attached hydrogens (primary N) is 1. The lowest BCUT2D eigenvalue weighted by Gasteiger charge is -2.37. The maximum Gasteiger partial charge on any atom is 0.0471 e. The molecule has 2 rings (SSSR count). The van der Waals surface area contributed by atoms with Crippen LogP contribution in [0.25, 0.3) is 0 Å². The summed E-state index contributed by atoms with van der Waals surface area (Å²) in [6.45, 7) is 7.43. The number of hydrogen-bond acceptors (Lipinski definition) is 3. The van der Waals surface area contributed by atoms with Gasteiger partial charge in [0.15, 0.2) is 0 Å². The molecule has 106 valence electrons. The van der Waals surface area contributed by atoms with Gasteiger partial charge < -0.3 is 5.73 Å². The van der Waals surface area contributed by atoms with Crippen LogP contribution in [0.3, 0.4) is 0 Å². The number of benzene rings is 1. The first-order chi connectivity index (χ1) is 9.15. The highest BCUT2D eigenvalue weighted by atomic mass is 79.9. The van der Waals surface area contributed by atoms with E-state index in [9.17, 15) is 0 Å². The molecule has 2 atom stereocenters. The van der Waals surface area contributed by atoms with Gasteiger partial charge in [-0.1, -0.05) is 35.0 Å². The summed E-state index contributed by atoms with van der Waals surface area (Å²) in [5.74, 6) is 1.23. The van der Waals surface area contributed by atoms with Crippen molar-refractivity contribution in [3.05, 3.63) is 33.8 Å². The lowest BCUT2D eigenvalue weighted by molar-refractivity contribution is 0.207. The van der Waals surface area contributed by atoms with Crippen molar-refractivity contribution in [2.75, 3.05) is 25.4 Å². The summed E-state index contributed by atoms with van der Waals surface area (Å²) in [5.41, 5.74) is 8.69. The maximum absolute atomic E-state index is 6.05. The molecule has 0 saturated carbocycles. The van der Waals surface area contributed by atoms with E-state index in [1.165, 1.54) is 27.8 Å². The summed E-state index contributed by atoms with van der Waals surface area (Å²) < 4.78 is 1.17. The number of hydrogen-bond donors (Lipinski definition) is 1. The van der Waals surface area contributed by atoms with E-state index in [-0.39, 0.29) is 0 Å². The number of rotatable bonds is 4. The van der Waals surface area contributed by atoms with Gasteiger partial charge in [0, 0.05) is 41.2 Å². The Morgan fingerprint density at radius 2 is 2.32 bits per heavy atom. The minimum absolute atomic E-state index is 0.363. The Morgan fingerprint density at radius 1 is 1.53 bits per heavy atom. The Kier molecular flexibility index (Phi) is 5.75. The van der Waals surface area contributed by atoms with Crippen LogP contribution in [0.5, 0.6) is 0 Å². The first-order valence-corrected chi connectivity index (χ1v) is 8.81. The van der Waals surface area contributed by atoms with Crippen LogP contribution in [0.1, 0.15) is 30.5 Å². The van der Waals surface area contributed by atoms with Crippen molar-refractivity contribution in [1.29, 1.82) is 0 Å². The Bertz CT molecular complexity index is 425. The third-order valence-corrected chi connectivity index (χ3v) is 6.12. The summed E-state index contributed by atoms with van der Waals surface area (Å²) in [6, 6.07) is 6.98. The van der Waals surface area contributed by atoms with Gasteiger partial charge in [-0.15, -0.1) is 0 Å². The standard InChI is InChI=1S/C15H23BrN2S/c1-3-13-10-18(6-7-19-13)15(9-17)12-4-5-14(16)11(2)8-12/h4-5,8,13,15H,3,6-7,9-10,17H2,1-2H3. The Morgan fingerprint density at radius 3 is 2.95 bits per heavy atom. The maximum atomic E-state index is 6.05. The highest BCUT2D eigenvalue weighted by molar-refractivity contribution is 9.10. The molecule has 4 heteroatoms. The fourth-order valence-electron chi connectivity index (χ4n) is 2.64. The number of nitrogens with zero attached hydrogens (tertiary/aromatic N) is 1. The molecule has 1 aromatic rings. The topological polar surface area (TPSA) is 29.3 Å². The lowest BCUT2D eigenvalue weighted by atomic mass is 10.0. The molecule has 1 saturated heterocycles. The van der Waals surface area contributed by atoms with Crippen molar-refractivity contribution in [2.45, 2.75) is 31.6 Å². The van der Waals surface area contributed by atoms with Crippen LogP contribution in [-0.2, 0) is 0 Å². The fourth-order valence-corrected chi connectivity index (χ4v) is 4.10. The summed E-state index contributed by atoms with van der Waals surface area (Å²) in [4.78, 5) is 2.56. The van der Waals surface area contributed by atoms with Crippen LogP contribution in [0, 0.1) is 6.92 Å². The Balaban J connectivity index is 2.16.